The molecule has 0 aromatic rings. The van der Waals surface area contributed by atoms with Crippen LogP contribution < -0.4 is 5.48 Å². The predicted octanol–water partition coefficient (Wildman–Crippen LogP) is -0.220. The van der Waals surface area contributed by atoms with E-state index in [9.17, 15) is 13.9 Å². The first-order chi connectivity index (χ1) is 7.57. The molecule has 0 amide bonds. The molecule has 2 atom stereocenters. The lowest BCUT2D eigenvalue weighted by molar-refractivity contribution is -0.147. The molecule has 4 N–H and O–H groups in total. The van der Waals surface area contributed by atoms with E-state index in [0.29, 0.717) is 0 Å². The van der Waals surface area contributed by atoms with Crippen molar-refractivity contribution in [2.24, 2.45) is 0 Å². The first-order valence-corrected chi connectivity index (χ1v) is 8.10. The van der Waals surface area contributed by atoms with Crippen LogP contribution in [0.2, 0.25) is 0 Å². The van der Waals surface area contributed by atoms with E-state index >= 15 is 0 Å². The van der Waals surface area contributed by atoms with Crippen LogP contribution in [0.5, 0.6) is 0 Å². The first-order valence-electron chi connectivity index (χ1n) is 4.54. The summed E-state index contributed by atoms with van der Waals surface area (Å²) in [5, 5.41) is 0. The van der Waals surface area contributed by atoms with Gasteiger partial charge in [-0.2, -0.15) is 5.48 Å². The second kappa shape index (κ2) is 6.61. The summed E-state index contributed by atoms with van der Waals surface area (Å²) >= 11 is 0. The molecule has 0 aromatic heterocycles. The lowest BCUT2D eigenvalue weighted by atomic mass is 10.4. The van der Waals surface area contributed by atoms with Crippen molar-refractivity contribution in [2.75, 3.05) is 12.5 Å². The van der Waals surface area contributed by atoms with Crippen LogP contribution in [0.3, 0.4) is 0 Å². The first kappa shape index (κ1) is 16.7. The minimum Gasteiger partial charge on any atom is -0.465 e. The maximum Gasteiger partial charge on any atom is 0.356 e. The molecule has 0 spiro atoms. The average Bonchev–Trinajstić information content (AvgIpc) is 2.10. The van der Waals surface area contributed by atoms with Crippen molar-refractivity contribution in [3.8, 4) is 0 Å². The molecule has 102 valence electrons. The normalized spacial score (nSPS) is 17.2. The Labute approximate surface area is 97.8 Å². The van der Waals surface area contributed by atoms with Crippen LogP contribution in [-0.4, -0.2) is 39.2 Å². The van der Waals surface area contributed by atoms with Crippen molar-refractivity contribution in [2.45, 2.75) is 19.9 Å². The van der Waals surface area contributed by atoms with Gasteiger partial charge in [0.15, 0.2) is 5.90 Å². The second-order valence-electron chi connectivity index (χ2n) is 3.13. The summed E-state index contributed by atoms with van der Waals surface area (Å²) in [5.74, 6) is -2.05. The molecule has 0 heterocycles. The van der Waals surface area contributed by atoms with E-state index < -0.39 is 33.1 Å². The quantitative estimate of drug-likeness (QED) is 0.284. The van der Waals surface area contributed by atoms with Gasteiger partial charge in [-0.3, -0.25) is 13.9 Å². The molecular weight excluding hydrogens is 276 g/mol. The van der Waals surface area contributed by atoms with Crippen molar-refractivity contribution < 1.29 is 38.0 Å². The van der Waals surface area contributed by atoms with Crippen LogP contribution in [0.1, 0.15) is 13.8 Å². The van der Waals surface area contributed by atoms with Crippen LogP contribution >= 0.6 is 15.2 Å². The summed E-state index contributed by atoms with van der Waals surface area (Å²) in [6.07, 6.45) is 0. The van der Waals surface area contributed by atoms with Gasteiger partial charge in [0.05, 0.1) is 6.61 Å². The fourth-order valence-electron chi connectivity index (χ4n) is 0.738. The zero-order valence-corrected chi connectivity index (χ0v) is 11.1. The van der Waals surface area contributed by atoms with E-state index in [0.717, 1.165) is 0 Å². The summed E-state index contributed by atoms with van der Waals surface area (Å²) in [6, 6.07) is -1.04. The number of hydrogen-bond acceptors (Lipinski definition) is 6. The zero-order chi connectivity index (χ0) is 13.7. The van der Waals surface area contributed by atoms with Gasteiger partial charge >= 0.3 is 21.2 Å². The topological polar surface area (TPSA) is 142 Å². The molecule has 0 aliphatic heterocycles. The minimum absolute atomic E-state index is 0.129. The smallest absolute Gasteiger partial charge is 0.356 e. The third-order valence-electron chi connectivity index (χ3n) is 1.38. The third kappa shape index (κ3) is 8.45. The number of hydrogen-bond donors (Lipinski definition) is 4. The Bertz CT molecular complexity index is 352. The average molecular weight is 291 g/mol. The molecule has 0 aliphatic rings. The van der Waals surface area contributed by atoms with Crippen molar-refractivity contribution in [3.63, 3.8) is 0 Å². The molecule has 0 saturated carbocycles. The van der Waals surface area contributed by atoms with Gasteiger partial charge < -0.3 is 19.4 Å². The Balaban J connectivity index is 4.23. The highest BCUT2D eigenvalue weighted by Gasteiger charge is 2.32. The Morgan fingerprint density at radius 2 is 1.88 bits per heavy atom. The number of nitrogens with one attached hydrogen (secondary N) is 1. The second-order valence-corrected chi connectivity index (χ2v) is 7.04. The van der Waals surface area contributed by atoms with Gasteiger partial charge in [0.1, 0.15) is 6.04 Å². The molecule has 17 heavy (non-hydrogen) atoms. The molecule has 2 unspecified atom stereocenters. The molecule has 0 aliphatic carbocycles. The lowest BCUT2D eigenvalue weighted by Crippen LogP contribution is -2.34. The largest absolute Gasteiger partial charge is 0.465 e. The van der Waals surface area contributed by atoms with Crippen LogP contribution in [0.25, 0.3) is 0 Å². The van der Waals surface area contributed by atoms with Crippen molar-refractivity contribution >= 4 is 21.2 Å². The Morgan fingerprint density at radius 1 is 1.35 bits per heavy atom. The summed E-state index contributed by atoms with van der Waals surface area (Å²) in [4.78, 5) is 37.1. The molecule has 0 rings (SSSR count). The van der Waals surface area contributed by atoms with E-state index in [2.05, 4.69) is 9.36 Å². The van der Waals surface area contributed by atoms with Gasteiger partial charge in [-0.05, 0) is 13.8 Å². The van der Waals surface area contributed by atoms with Crippen LogP contribution in [0.4, 0.5) is 0 Å². The Hall–Kier alpha value is -0.270. The number of carbonyl (C=O) groups is 1. The summed E-state index contributed by atoms with van der Waals surface area (Å²) in [7, 11) is -9.19. The number of rotatable bonds is 7. The highest BCUT2D eigenvalue weighted by Crippen LogP contribution is 2.54. The number of hydroxylamine groups is 1. The number of ether oxygens (including phenoxy) is 1. The monoisotopic (exact) mass is 291 g/mol. The fourth-order valence-corrected chi connectivity index (χ4v) is 3.15. The van der Waals surface area contributed by atoms with Gasteiger partial charge in [0, 0.05) is 0 Å². The minimum atomic E-state index is -4.68. The van der Waals surface area contributed by atoms with Gasteiger partial charge in [-0.25, -0.2) is 4.62 Å². The van der Waals surface area contributed by atoms with Crippen molar-refractivity contribution in [3.05, 3.63) is 0 Å². The zero-order valence-electron chi connectivity index (χ0n) is 9.27. The van der Waals surface area contributed by atoms with Gasteiger partial charge in [-0.15, -0.1) is 0 Å². The maximum atomic E-state index is 11.1. The van der Waals surface area contributed by atoms with Gasteiger partial charge in [0.2, 0.25) is 0 Å². The number of carbonyl (C=O) groups excluding carboxylic acids is 1. The van der Waals surface area contributed by atoms with Crippen LogP contribution in [-0.2, 0) is 23.3 Å². The van der Waals surface area contributed by atoms with E-state index in [1.165, 1.54) is 6.92 Å². The molecule has 11 heteroatoms. The molecule has 0 radical (unpaired) electrons. The van der Waals surface area contributed by atoms with Crippen molar-refractivity contribution in [1.82, 2.24) is 5.48 Å². The van der Waals surface area contributed by atoms with Gasteiger partial charge in [0.25, 0.3) is 0 Å². The number of esters is 1. The lowest BCUT2D eigenvalue weighted by Gasteiger charge is -2.16. The van der Waals surface area contributed by atoms with E-state index in [4.69, 9.17) is 14.7 Å². The highest BCUT2D eigenvalue weighted by molar-refractivity contribution is 7.69. The van der Waals surface area contributed by atoms with Crippen LogP contribution in [0, 0.1) is 0 Å². The van der Waals surface area contributed by atoms with E-state index in [-0.39, 0.29) is 6.61 Å². The summed E-state index contributed by atoms with van der Waals surface area (Å²) in [5.41, 5.74) is 1.90. The van der Waals surface area contributed by atoms with Crippen LogP contribution in [0.15, 0.2) is 0 Å². The van der Waals surface area contributed by atoms with Crippen molar-refractivity contribution in [1.29, 1.82) is 0 Å². The molecule has 0 bridgehead atoms. The molecule has 0 fully saturated rings. The maximum absolute atomic E-state index is 11.1. The highest BCUT2D eigenvalue weighted by atomic mass is 31.2. The van der Waals surface area contributed by atoms with E-state index in [1.54, 1.807) is 6.92 Å². The summed E-state index contributed by atoms with van der Waals surface area (Å²) < 4.78 is 30.4. The predicted molar refractivity (Wildman–Crippen MR) is 57.1 cm³/mol. The third-order valence-corrected chi connectivity index (χ3v) is 4.67. The Kier molecular flexibility index (Phi) is 6.50. The molecule has 9 nitrogen and oxygen atoms in total. The van der Waals surface area contributed by atoms with E-state index in [1.807, 2.05) is 5.48 Å². The standard InChI is InChI=1S/C6H15NO8P2/c1-3-14-6(8)5(2)7-15-17(12,13)4-16(9,10)11/h5,7H,3-4H2,1-2H3,(H,12,13)(H2,9,10,11). The molecular formula is C6H15NO8P2. The Morgan fingerprint density at radius 3 is 2.29 bits per heavy atom. The molecule has 0 saturated heterocycles. The van der Waals surface area contributed by atoms with Gasteiger partial charge in [-0.1, -0.05) is 0 Å². The molecule has 0 aromatic carbocycles. The SMILES string of the molecule is CCOC(=O)C(C)NOP(=O)(O)CP(=O)(O)O. The summed E-state index contributed by atoms with van der Waals surface area (Å²) in [6.45, 7) is 3.01. The fraction of sp³-hybridized carbons (Fsp3) is 0.833.